The zero-order chi connectivity index (χ0) is 9.31. The van der Waals surface area contributed by atoms with Gasteiger partial charge in [-0.25, -0.2) is 0 Å². The Morgan fingerprint density at radius 3 is 2.85 bits per heavy atom. The smallest absolute Gasteiger partial charge is 0.308 e. The van der Waals surface area contributed by atoms with Gasteiger partial charge in [0.15, 0.2) is 0 Å². The van der Waals surface area contributed by atoms with E-state index < -0.39 is 5.97 Å². The average molecular weight is 184 g/mol. The third-order valence-corrected chi connectivity index (χ3v) is 3.36. The molecule has 1 aliphatic heterocycles. The van der Waals surface area contributed by atoms with Gasteiger partial charge < -0.3 is 5.11 Å². The molecule has 0 aromatic heterocycles. The van der Waals surface area contributed by atoms with Crippen LogP contribution in [0.25, 0.3) is 0 Å². The monoisotopic (exact) mass is 184 g/mol. The fraction of sp³-hybridized carbons (Fsp3) is 0.889. The molecular weight excluding hydrogens is 168 g/mol. The second kappa shape index (κ2) is 3.27. The van der Waals surface area contributed by atoms with Crippen LogP contribution < -0.4 is 10.9 Å². The SMILES string of the molecule is O=C(O)C1CCCCC12CCNN2. The molecule has 0 aromatic carbocycles. The molecule has 1 saturated heterocycles. The van der Waals surface area contributed by atoms with E-state index in [1.54, 1.807) is 0 Å². The molecule has 1 spiro atoms. The van der Waals surface area contributed by atoms with Crippen molar-refractivity contribution in [1.29, 1.82) is 0 Å². The van der Waals surface area contributed by atoms with Crippen LogP contribution in [0.1, 0.15) is 32.1 Å². The normalized spacial score (nSPS) is 39.5. The molecule has 0 bridgehead atoms. The van der Waals surface area contributed by atoms with Crippen LogP contribution in [-0.4, -0.2) is 23.2 Å². The topological polar surface area (TPSA) is 61.4 Å². The Kier molecular flexibility index (Phi) is 2.26. The Morgan fingerprint density at radius 2 is 2.23 bits per heavy atom. The number of nitrogens with one attached hydrogen (secondary N) is 2. The summed E-state index contributed by atoms with van der Waals surface area (Å²) in [4.78, 5) is 11.0. The van der Waals surface area contributed by atoms with Gasteiger partial charge in [0.2, 0.25) is 0 Å². The first-order valence-corrected chi connectivity index (χ1v) is 4.97. The van der Waals surface area contributed by atoms with Crippen molar-refractivity contribution in [2.75, 3.05) is 6.54 Å². The minimum absolute atomic E-state index is 0.149. The van der Waals surface area contributed by atoms with Gasteiger partial charge in [-0.15, -0.1) is 0 Å². The van der Waals surface area contributed by atoms with Crippen LogP contribution in [0, 0.1) is 5.92 Å². The zero-order valence-electron chi connectivity index (χ0n) is 7.68. The predicted molar refractivity (Wildman–Crippen MR) is 48.1 cm³/mol. The second-order valence-electron chi connectivity index (χ2n) is 4.09. The Balaban J connectivity index is 2.16. The molecule has 13 heavy (non-hydrogen) atoms. The molecule has 1 aliphatic carbocycles. The number of hydrazine groups is 1. The molecule has 4 nitrogen and oxygen atoms in total. The lowest BCUT2D eigenvalue weighted by Gasteiger charge is -2.38. The molecule has 0 amide bonds. The fourth-order valence-electron chi connectivity index (χ4n) is 2.63. The van der Waals surface area contributed by atoms with E-state index in [9.17, 15) is 4.79 Å². The van der Waals surface area contributed by atoms with Crippen molar-refractivity contribution in [3.63, 3.8) is 0 Å². The highest BCUT2D eigenvalue weighted by atomic mass is 16.4. The summed E-state index contributed by atoms with van der Waals surface area (Å²) >= 11 is 0. The molecule has 74 valence electrons. The lowest BCUT2D eigenvalue weighted by Crippen LogP contribution is -2.54. The number of rotatable bonds is 1. The van der Waals surface area contributed by atoms with Gasteiger partial charge in [-0.3, -0.25) is 15.6 Å². The van der Waals surface area contributed by atoms with E-state index in [2.05, 4.69) is 10.9 Å². The van der Waals surface area contributed by atoms with Crippen molar-refractivity contribution in [2.45, 2.75) is 37.6 Å². The first-order chi connectivity index (χ1) is 6.25. The molecule has 0 radical (unpaired) electrons. The largest absolute Gasteiger partial charge is 0.481 e. The average Bonchev–Trinajstić information content (AvgIpc) is 2.54. The summed E-state index contributed by atoms with van der Waals surface area (Å²) in [6, 6.07) is 0. The standard InChI is InChI=1S/C9H16N2O2/c12-8(13)7-3-1-2-4-9(7)5-6-10-11-9/h7,10-11H,1-6H2,(H,12,13). The summed E-state index contributed by atoms with van der Waals surface area (Å²) in [6.07, 6.45) is 4.98. The maximum Gasteiger partial charge on any atom is 0.308 e. The lowest BCUT2D eigenvalue weighted by molar-refractivity contribution is -0.146. The maximum atomic E-state index is 11.0. The zero-order valence-corrected chi connectivity index (χ0v) is 7.68. The van der Waals surface area contributed by atoms with Gasteiger partial charge in [0.25, 0.3) is 0 Å². The Morgan fingerprint density at radius 1 is 1.38 bits per heavy atom. The quantitative estimate of drug-likeness (QED) is 0.555. The predicted octanol–water partition coefficient (Wildman–Crippen LogP) is 0.498. The first-order valence-electron chi connectivity index (χ1n) is 4.97. The number of hydrogen-bond donors (Lipinski definition) is 3. The second-order valence-corrected chi connectivity index (χ2v) is 4.09. The minimum atomic E-state index is -0.643. The molecule has 2 aliphatic rings. The van der Waals surface area contributed by atoms with E-state index in [1.165, 1.54) is 0 Å². The summed E-state index contributed by atoms with van der Waals surface area (Å²) < 4.78 is 0. The summed E-state index contributed by atoms with van der Waals surface area (Å²) in [6.45, 7) is 0.893. The highest BCUT2D eigenvalue weighted by Crippen LogP contribution is 2.37. The molecule has 0 aromatic rings. The van der Waals surface area contributed by atoms with Crippen molar-refractivity contribution >= 4 is 5.97 Å². The molecule has 1 saturated carbocycles. The lowest BCUT2D eigenvalue weighted by atomic mass is 9.72. The van der Waals surface area contributed by atoms with Crippen molar-refractivity contribution in [1.82, 2.24) is 10.9 Å². The van der Waals surface area contributed by atoms with Crippen LogP contribution in [0.4, 0.5) is 0 Å². The van der Waals surface area contributed by atoms with Crippen LogP contribution in [0.2, 0.25) is 0 Å². The fourth-order valence-corrected chi connectivity index (χ4v) is 2.63. The van der Waals surface area contributed by atoms with Crippen LogP contribution in [0.3, 0.4) is 0 Å². The van der Waals surface area contributed by atoms with Gasteiger partial charge in [0.1, 0.15) is 0 Å². The number of carboxylic acid groups (broad SMARTS) is 1. The van der Waals surface area contributed by atoms with Gasteiger partial charge in [0, 0.05) is 12.1 Å². The third-order valence-electron chi connectivity index (χ3n) is 3.36. The van der Waals surface area contributed by atoms with Crippen molar-refractivity contribution in [2.24, 2.45) is 5.92 Å². The van der Waals surface area contributed by atoms with Crippen LogP contribution in [0.15, 0.2) is 0 Å². The van der Waals surface area contributed by atoms with E-state index in [4.69, 9.17) is 5.11 Å². The maximum absolute atomic E-state index is 11.0. The molecule has 2 unspecified atom stereocenters. The molecule has 2 fully saturated rings. The van der Waals surface area contributed by atoms with Crippen molar-refractivity contribution in [3.05, 3.63) is 0 Å². The highest BCUT2D eigenvalue weighted by Gasteiger charge is 2.46. The van der Waals surface area contributed by atoms with E-state index in [1.807, 2.05) is 0 Å². The Labute approximate surface area is 77.7 Å². The van der Waals surface area contributed by atoms with E-state index in [-0.39, 0.29) is 11.5 Å². The van der Waals surface area contributed by atoms with Crippen LogP contribution in [-0.2, 0) is 4.79 Å². The molecule has 2 atom stereocenters. The van der Waals surface area contributed by atoms with Gasteiger partial charge in [-0.2, -0.15) is 0 Å². The van der Waals surface area contributed by atoms with E-state index in [0.29, 0.717) is 0 Å². The van der Waals surface area contributed by atoms with Gasteiger partial charge >= 0.3 is 5.97 Å². The Hall–Kier alpha value is -0.610. The van der Waals surface area contributed by atoms with Crippen LogP contribution in [0.5, 0.6) is 0 Å². The first kappa shape index (κ1) is 8.97. The molecule has 1 heterocycles. The van der Waals surface area contributed by atoms with Gasteiger partial charge in [-0.05, 0) is 19.3 Å². The Bertz CT molecular complexity index is 212. The number of hydrogen-bond acceptors (Lipinski definition) is 3. The number of aliphatic carboxylic acids is 1. The highest BCUT2D eigenvalue weighted by molar-refractivity contribution is 5.72. The molecular formula is C9H16N2O2. The molecule has 4 heteroatoms. The van der Waals surface area contributed by atoms with Crippen LogP contribution >= 0.6 is 0 Å². The summed E-state index contributed by atoms with van der Waals surface area (Å²) in [5.74, 6) is -0.841. The summed E-state index contributed by atoms with van der Waals surface area (Å²) in [5.41, 5.74) is 6.08. The molecule has 2 rings (SSSR count). The number of carboxylic acids is 1. The van der Waals surface area contributed by atoms with Gasteiger partial charge in [-0.1, -0.05) is 12.8 Å². The van der Waals surface area contributed by atoms with E-state index >= 15 is 0 Å². The van der Waals surface area contributed by atoms with Gasteiger partial charge in [0.05, 0.1) is 5.92 Å². The molecule has 3 N–H and O–H groups in total. The number of carbonyl (C=O) groups is 1. The van der Waals surface area contributed by atoms with Crippen molar-refractivity contribution < 1.29 is 9.90 Å². The van der Waals surface area contributed by atoms with Crippen molar-refractivity contribution in [3.8, 4) is 0 Å². The minimum Gasteiger partial charge on any atom is -0.481 e. The summed E-state index contributed by atoms with van der Waals surface area (Å²) in [7, 11) is 0. The third kappa shape index (κ3) is 1.44. The van der Waals surface area contributed by atoms with E-state index in [0.717, 1.165) is 38.6 Å². The summed E-state index contributed by atoms with van der Waals surface area (Å²) in [5, 5.41) is 9.10.